The summed E-state index contributed by atoms with van der Waals surface area (Å²) in [5, 5.41) is 3.19. The number of halogens is 1. The number of nitrogen functional groups attached to an aromatic ring is 1. The first-order valence-electron chi connectivity index (χ1n) is 6.59. The van der Waals surface area contributed by atoms with Gasteiger partial charge in [-0.15, -0.1) is 0 Å². The monoisotopic (exact) mass is 303 g/mol. The van der Waals surface area contributed by atoms with Crippen LogP contribution in [0, 0.1) is 0 Å². The minimum atomic E-state index is -0.229. The summed E-state index contributed by atoms with van der Waals surface area (Å²) in [5.74, 6) is 0.800. The van der Waals surface area contributed by atoms with Crippen LogP contribution in [0.25, 0.3) is 0 Å². The van der Waals surface area contributed by atoms with Gasteiger partial charge in [0.2, 0.25) is 0 Å². The molecule has 1 amide bonds. The molecular formula is C15H14ClN3O2. The van der Waals surface area contributed by atoms with Crippen LogP contribution in [0.2, 0.25) is 5.15 Å². The van der Waals surface area contributed by atoms with Gasteiger partial charge in [-0.3, -0.25) is 4.79 Å². The van der Waals surface area contributed by atoms with Crippen LogP contribution in [-0.2, 0) is 0 Å². The summed E-state index contributed by atoms with van der Waals surface area (Å²) in [6, 6.07) is 10.6. The van der Waals surface area contributed by atoms with Gasteiger partial charge in [-0.25, -0.2) is 4.98 Å². The van der Waals surface area contributed by atoms with Gasteiger partial charge in [-0.05, 0) is 18.2 Å². The number of para-hydroxylation sites is 1. The van der Waals surface area contributed by atoms with Crippen molar-refractivity contribution in [3.63, 3.8) is 0 Å². The van der Waals surface area contributed by atoms with E-state index in [-0.39, 0.29) is 22.9 Å². The summed E-state index contributed by atoms with van der Waals surface area (Å²) in [6.45, 7) is 0.571. The number of nitrogens with zero attached hydrogens (tertiary/aromatic N) is 1. The highest BCUT2D eigenvalue weighted by Crippen LogP contribution is 2.31. The molecule has 2 heterocycles. The SMILES string of the molecule is Nc1cc(C(=O)NC2CCOc3ccccc32)cc(Cl)n1. The zero-order valence-corrected chi connectivity index (χ0v) is 11.9. The van der Waals surface area contributed by atoms with Gasteiger partial charge in [-0.1, -0.05) is 29.8 Å². The summed E-state index contributed by atoms with van der Waals surface area (Å²) in [7, 11) is 0. The van der Waals surface area contributed by atoms with Crippen LogP contribution in [-0.4, -0.2) is 17.5 Å². The van der Waals surface area contributed by atoms with Gasteiger partial charge in [-0.2, -0.15) is 0 Å². The Labute approximate surface area is 127 Å². The highest BCUT2D eigenvalue weighted by Gasteiger charge is 2.23. The fraction of sp³-hybridized carbons (Fsp3) is 0.200. The second-order valence-electron chi connectivity index (χ2n) is 4.80. The average Bonchev–Trinajstić information content (AvgIpc) is 2.46. The summed E-state index contributed by atoms with van der Waals surface area (Å²) in [5.41, 5.74) is 6.99. The van der Waals surface area contributed by atoms with Crippen LogP contribution < -0.4 is 15.8 Å². The van der Waals surface area contributed by atoms with Crippen molar-refractivity contribution in [2.45, 2.75) is 12.5 Å². The lowest BCUT2D eigenvalue weighted by Gasteiger charge is -2.26. The minimum Gasteiger partial charge on any atom is -0.493 e. The zero-order chi connectivity index (χ0) is 14.8. The van der Waals surface area contributed by atoms with Gasteiger partial charge in [0, 0.05) is 17.5 Å². The lowest BCUT2D eigenvalue weighted by molar-refractivity contribution is 0.0924. The van der Waals surface area contributed by atoms with E-state index in [2.05, 4.69) is 10.3 Å². The molecule has 1 aliphatic heterocycles. The first-order valence-corrected chi connectivity index (χ1v) is 6.97. The molecule has 0 saturated heterocycles. The Morgan fingerprint density at radius 3 is 3.00 bits per heavy atom. The van der Waals surface area contributed by atoms with Crippen molar-refractivity contribution >= 4 is 23.3 Å². The lowest BCUT2D eigenvalue weighted by Crippen LogP contribution is -2.32. The first kappa shape index (κ1) is 13.7. The average molecular weight is 304 g/mol. The molecule has 1 aromatic heterocycles. The highest BCUT2D eigenvalue weighted by atomic mass is 35.5. The molecule has 21 heavy (non-hydrogen) atoms. The van der Waals surface area contributed by atoms with Crippen LogP contribution in [0.4, 0.5) is 5.82 Å². The molecule has 108 valence electrons. The van der Waals surface area contributed by atoms with Crippen LogP contribution in [0.15, 0.2) is 36.4 Å². The predicted octanol–water partition coefficient (Wildman–Crippen LogP) is 2.57. The zero-order valence-electron chi connectivity index (χ0n) is 11.2. The van der Waals surface area contributed by atoms with Crippen LogP contribution in [0.1, 0.15) is 28.4 Å². The van der Waals surface area contributed by atoms with Gasteiger partial charge in [0.15, 0.2) is 0 Å². The van der Waals surface area contributed by atoms with E-state index in [1.54, 1.807) is 0 Å². The Morgan fingerprint density at radius 1 is 1.38 bits per heavy atom. The second kappa shape index (κ2) is 5.61. The molecule has 3 N–H and O–H groups in total. The highest BCUT2D eigenvalue weighted by molar-refractivity contribution is 6.29. The van der Waals surface area contributed by atoms with Gasteiger partial charge in [0.05, 0.1) is 12.6 Å². The number of carbonyl (C=O) groups excluding carboxylic acids is 1. The summed E-state index contributed by atoms with van der Waals surface area (Å²) >= 11 is 5.83. The largest absolute Gasteiger partial charge is 0.493 e. The van der Waals surface area contributed by atoms with Crippen molar-refractivity contribution in [3.05, 3.63) is 52.7 Å². The van der Waals surface area contributed by atoms with E-state index in [1.807, 2.05) is 24.3 Å². The summed E-state index contributed by atoms with van der Waals surface area (Å²) < 4.78 is 5.58. The standard InChI is InChI=1S/C15H14ClN3O2/c16-13-7-9(8-14(17)19-13)15(20)18-11-5-6-21-12-4-2-1-3-10(11)12/h1-4,7-8,11H,5-6H2,(H2,17,19)(H,18,20). The third-order valence-corrected chi connectivity index (χ3v) is 3.53. The van der Waals surface area contributed by atoms with E-state index in [4.69, 9.17) is 22.1 Å². The molecular weight excluding hydrogens is 290 g/mol. The van der Waals surface area contributed by atoms with Crippen LogP contribution >= 0.6 is 11.6 Å². The van der Waals surface area contributed by atoms with E-state index in [1.165, 1.54) is 12.1 Å². The van der Waals surface area contributed by atoms with Crippen molar-refractivity contribution in [1.82, 2.24) is 10.3 Å². The number of anilines is 1. The molecule has 1 unspecified atom stereocenters. The number of nitrogens with two attached hydrogens (primary N) is 1. The van der Waals surface area contributed by atoms with E-state index >= 15 is 0 Å². The Balaban J connectivity index is 1.82. The summed E-state index contributed by atoms with van der Waals surface area (Å²) in [6.07, 6.45) is 0.719. The number of ether oxygens (including phenoxy) is 1. The molecule has 2 aromatic rings. The fourth-order valence-electron chi connectivity index (χ4n) is 2.38. The predicted molar refractivity (Wildman–Crippen MR) is 80.4 cm³/mol. The van der Waals surface area contributed by atoms with Gasteiger partial charge in [0.25, 0.3) is 5.91 Å². The Hall–Kier alpha value is -2.27. The number of pyridine rings is 1. The van der Waals surface area contributed by atoms with E-state index in [0.29, 0.717) is 12.2 Å². The number of fused-ring (bicyclic) bond motifs is 1. The number of hydrogen-bond donors (Lipinski definition) is 2. The molecule has 0 fully saturated rings. The maximum absolute atomic E-state index is 12.3. The van der Waals surface area contributed by atoms with E-state index in [0.717, 1.165) is 17.7 Å². The normalized spacial score (nSPS) is 16.7. The second-order valence-corrected chi connectivity index (χ2v) is 5.19. The van der Waals surface area contributed by atoms with E-state index in [9.17, 15) is 4.79 Å². The number of hydrogen-bond acceptors (Lipinski definition) is 4. The number of carbonyl (C=O) groups is 1. The number of aromatic nitrogens is 1. The third kappa shape index (κ3) is 2.92. The van der Waals surface area contributed by atoms with Gasteiger partial charge in [0.1, 0.15) is 16.7 Å². The Bertz CT molecular complexity index is 670. The summed E-state index contributed by atoms with van der Waals surface area (Å²) in [4.78, 5) is 16.2. The molecule has 0 saturated carbocycles. The topological polar surface area (TPSA) is 77.2 Å². The lowest BCUT2D eigenvalue weighted by atomic mass is 10.0. The smallest absolute Gasteiger partial charge is 0.252 e. The van der Waals surface area contributed by atoms with Crippen molar-refractivity contribution in [2.24, 2.45) is 0 Å². The minimum absolute atomic E-state index is 0.0874. The van der Waals surface area contributed by atoms with Crippen molar-refractivity contribution in [1.29, 1.82) is 0 Å². The van der Waals surface area contributed by atoms with Gasteiger partial charge >= 0.3 is 0 Å². The molecule has 1 aromatic carbocycles. The van der Waals surface area contributed by atoms with Crippen LogP contribution in [0.5, 0.6) is 5.75 Å². The van der Waals surface area contributed by atoms with Crippen molar-refractivity contribution in [2.75, 3.05) is 12.3 Å². The Morgan fingerprint density at radius 2 is 2.19 bits per heavy atom. The number of rotatable bonds is 2. The van der Waals surface area contributed by atoms with Crippen LogP contribution in [0.3, 0.4) is 0 Å². The number of nitrogens with one attached hydrogen (secondary N) is 1. The van der Waals surface area contributed by atoms with E-state index < -0.39 is 0 Å². The molecule has 1 aliphatic rings. The van der Waals surface area contributed by atoms with Gasteiger partial charge < -0.3 is 15.8 Å². The molecule has 3 rings (SSSR count). The molecule has 0 spiro atoms. The molecule has 0 radical (unpaired) electrons. The maximum atomic E-state index is 12.3. The molecule has 0 aliphatic carbocycles. The number of benzene rings is 1. The number of amides is 1. The quantitative estimate of drug-likeness (QED) is 0.836. The molecule has 6 heteroatoms. The maximum Gasteiger partial charge on any atom is 0.252 e. The molecule has 1 atom stereocenters. The first-order chi connectivity index (χ1) is 10.1. The van der Waals surface area contributed by atoms with Crippen molar-refractivity contribution < 1.29 is 9.53 Å². The molecule has 0 bridgehead atoms. The van der Waals surface area contributed by atoms with Crippen molar-refractivity contribution in [3.8, 4) is 5.75 Å². The Kier molecular flexibility index (Phi) is 3.66. The third-order valence-electron chi connectivity index (χ3n) is 3.34. The molecule has 5 nitrogen and oxygen atoms in total. The fourth-order valence-corrected chi connectivity index (χ4v) is 2.60.